The van der Waals surface area contributed by atoms with E-state index in [2.05, 4.69) is 30.8 Å². The van der Waals surface area contributed by atoms with Crippen LogP contribution in [0.4, 0.5) is 40.0 Å². The molecule has 3 amide bonds. The summed E-state index contributed by atoms with van der Waals surface area (Å²) in [4.78, 5) is 51.8. The molecule has 3 atom stereocenters. The van der Waals surface area contributed by atoms with Crippen molar-refractivity contribution in [2.45, 2.75) is 97.4 Å². The number of pyridine rings is 2. The van der Waals surface area contributed by atoms with Gasteiger partial charge in [-0.05, 0) is 79.0 Å². The molecule has 0 radical (unpaired) electrons. The van der Waals surface area contributed by atoms with Crippen LogP contribution in [0.25, 0.3) is 11.1 Å². The number of carbonyl (C=O) groups is 3. The number of nitrogens with zero attached hydrogens (tertiary/aromatic N) is 4. The van der Waals surface area contributed by atoms with Gasteiger partial charge in [-0.3, -0.25) is 25.0 Å². The normalized spacial score (nSPS) is 20.0. The van der Waals surface area contributed by atoms with Crippen molar-refractivity contribution in [1.29, 1.82) is 0 Å². The minimum atomic E-state index is -4.56. The highest BCUT2D eigenvalue weighted by molar-refractivity contribution is 6.16. The number of rotatable bonds is 9. The minimum Gasteiger partial charge on any atom is -0.444 e. The Balaban J connectivity index is 1.43. The number of ether oxygens (including phenoxy) is 3. The Hall–Kier alpha value is -4.64. The Morgan fingerprint density at radius 3 is 2.38 bits per heavy atom. The number of carbonyl (C=O) groups excluding carboxylic acids is 3. The van der Waals surface area contributed by atoms with Crippen LogP contribution in [0, 0.1) is 5.92 Å². The van der Waals surface area contributed by atoms with Gasteiger partial charge >= 0.3 is 18.4 Å². The Kier molecular flexibility index (Phi) is 11.8. The number of nitrogens with one attached hydrogen (secondary N) is 3. The molecule has 14 nitrogen and oxygen atoms in total. The van der Waals surface area contributed by atoms with Gasteiger partial charge in [0.25, 0.3) is 5.91 Å². The predicted octanol–water partition coefficient (Wildman–Crippen LogP) is 6.71. The van der Waals surface area contributed by atoms with Crippen LogP contribution in [0.5, 0.6) is 0 Å². The van der Waals surface area contributed by atoms with Crippen molar-refractivity contribution in [3.05, 3.63) is 41.9 Å². The second-order valence-electron chi connectivity index (χ2n) is 15.3. The first kappa shape index (κ1) is 39.6. The van der Waals surface area contributed by atoms with Gasteiger partial charge in [-0.1, -0.05) is 0 Å². The Labute approximate surface area is 306 Å². The molecule has 5 rings (SSSR count). The summed E-state index contributed by atoms with van der Waals surface area (Å²) < 4.78 is 65.0. The summed E-state index contributed by atoms with van der Waals surface area (Å²) in [7, 11) is 0. The third-order valence-corrected chi connectivity index (χ3v) is 8.49. The highest BCUT2D eigenvalue weighted by Gasteiger charge is 2.45. The van der Waals surface area contributed by atoms with Crippen molar-refractivity contribution >= 4 is 46.5 Å². The van der Waals surface area contributed by atoms with Gasteiger partial charge in [0.05, 0.1) is 35.6 Å². The molecule has 3 N–H and O–H groups in total. The summed E-state index contributed by atoms with van der Waals surface area (Å²) in [6.07, 6.45) is -1.26. The first-order chi connectivity index (χ1) is 24.8. The molecule has 3 aromatic heterocycles. The molecule has 53 heavy (non-hydrogen) atoms. The molecular weight excluding hydrogens is 699 g/mol. The zero-order valence-corrected chi connectivity index (χ0v) is 31.1. The van der Waals surface area contributed by atoms with E-state index in [1.165, 1.54) is 23.4 Å². The zero-order chi connectivity index (χ0) is 38.7. The number of halogens is 3. The maximum absolute atomic E-state index is 14.2. The Morgan fingerprint density at radius 2 is 1.70 bits per heavy atom. The second kappa shape index (κ2) is 15.8. The van der Waals surface area contributed by atoms with E-state index in [0.29, 0.717) is 13.2 Å². The smallest absolute Gasteiger partial charge is 0.414 e. The summed E-state index contributed by atoms with van der Waals surface area (Å²) >= 11 is 0. The predicted molar refractivity (Wildman–Crippen MR) is 191 cm³/mol. The summed E-state index contributed by atoms with van der Waals surface area (Å²) in [5.41, 5.74) is -0.325. The number of alkyl carbamates (subject to hydrolysis) is 1. The number of piperidine rings is 1. The number of furan rings is 1. The van der Waals surface area contributed by atoms with Gasteiger partial charge < -0.3 is 34.2 Å². The van der Waals surface area contributed by atoms with E-state index in [4.69, 9.17) is 18.6 Å². The van der Waals surface area contributed by atoms with Gasteiger partial charge in [0.1, 0.15) is 22.3 Å². The molecule has 3 aromatic rings. The van der Waals surface area contributed by atoms with Crippen molar-refractivity contribution in [1.82, 2.24) is 20.2 Å². The van der Waals surface area contributed by atoms with E-state index in [1.807, 2.05) is 6.92 Å². The molecule has 290 valence electrons. The number of aromatic nitrogens is 2. The van der Waals surface area contributed by atoms with Crippen molar-refractivity contribution < 1.29 is 46.2 Å². The van der Waals surface area contributed by atoms with E-state index >= 15 is 0 Å². The molecule has 0 aromatic carbocycles. The van der Waals surface area contributed by atoms with Crippen LogP contribution in [-0.2, 0) is 20.8 Å². The Bertz CT molecular complexity index is 1790. The first-order valence-electron chi connectivity index (χ1n) is 17.6. The molecule has 2 aliphatic rings. The van der Waals surface area contributed by atoms with Crippen LogP contribution >= 0.6 is 0 Å². The molecular formula is C36H48F3N7O7. The van der Waals surface area contributed by atoms with E-state index in [1.54, 1.807) is 53.8 Å². The monoisotopic (exact) mass is 747 g/mol. The van der Waals surface area contributed by atoms with Crippen molar-refractivity contribution in [2.75, 3.05) is 48.3 Å². The average molecular weight is 748 g/mol. The number of amides is 3. The van der Waals surface area contributed by atoms with E-state index < -0.39 is 54.0 Å². The molecule has 5 heterocycles. The van der Waals surface area contributed by atoms with Crippen LogP contribution in [0.2, 0.25) is 0 Å². The van der Waals surface area contributed by atoms with Gasteiger partial charge in [-0.2, -0.15) is 13.2 Å². The van der Waals surface area contributed by atoms with Crippen molar-refractivity contribution in [2.24, 2.45) is 5.92 Å². The standard InChI is InChI=1S/C36H48F3N7O7/c1-8-50-24-10-12-45(20-24)17-21-13-27-29(41-15-21)28(31(51-27)44-33(49)53-35(5,6)7)30(47)43-25-16-40-11-9-26(25)46-18-22(36(37,38)39)14-23(19-46)42-32(48)52-34(2,3)4/h9,11,13,15-16,22-24H,8,10,12,14,17-20H2,1-7H3,(H,42,48)(H,43,47)(H,44,49)/t22-,23?,24?/m1/s1. The number of fused-ring (bicyclic) bond motifs is 1. The SMILES string of the molecule is CCOC1CCN(Cc2cnc3c(C(=O)Nc4cnccc4N4CC(NC(=O)OC(C)(C)C)C[C@@H](C(F)(F)F)C4)c(NC(=O)OC(C)(C)C)oc3c2)C1. The quantitative estimate of drug-likeness (QED) is 0.213. The third-order valence-electron chi connectivity index (χ3n) is 8.49. The first-order valence-corrected chi connectivity index (χ1v) is 17.6. The van der Waals surface area contributed by atoms with Gasteiger partial charge in [0.15, 0.2) is 5.58 Å². The number of alkyl halides is 3. The minimum absolute atomic E-state index is 0.00847. The van der Waals surface area contributed by atoms with Crippen LogP contribution in [0.15, 0.2) is 35.1 Å². The Morgan fingerprint density at radius 1 is 0.981 bits per heavy atom. The van der Waals surface area contributed by atoms with E-state index in [-0.39, 0.29) is 53.0 Å². The molecule has 2 saturated heterocycles. The molecule has 2 unspecified atom stereocenters. The van der Waals surface area contributed by atoms with Gasteiger partial charge in [0.2, 0.25) is 5.88 Å². The number of likely N-dealkylation sites (tertiary alicyclic amines) is 1. The molecule has 0 aliphatic carbocycles. The molecule has 0 saturated carbocycles. The third kappa shape index (κ3) is 10.7. The topological polar surface area (TPSA) is 160 Å². The fraction of sp³-hybridized carbons (Fsp3) is 0.583. The highest BCUT2D eigenvalue weighted by atomic mass is 19.4. The lowest BCUT2D eigenvalue weighted by Gasteiger charge is -2.40. The summed E-state index contributed by atoms with van der Waals surface area (Å²) in [6.45, 7) is 14.3. The average Bonchev–Trinajstić information content (AvgIpc) is 3.62. The molecule has 17 heteroatoms. The van der Waals surface area contributed by atoms with E-state index in [0.717, 1.165) is 25.1 Å². The molecule has 2 aliphatic heterocycles. The fourth-order valence-electron chi connectivity index (χ4n) is 6.43. The van der Waals surface area contributed by atoms with Crippen molar-refractivity contribution in [3.63, 3.8) is 0 Å². The maximum atomic E-state index is 14.2. The molecule has 0 bridgehead atoms. The summed E-state index contributed by atoms with van der Waals surface area (Å²) in [5.74, 6) is -2.79. The van der Waals surface area contributed by atoms with Crippen LogP contribution < -0.4 is 20.9 Å². The lowest BCUT2D eigenvalue weighted by Crippen LogP contribution is -2.54. The van der Waals surface area contributed by atoms with Crippen LogP contribution in [0.3, 0.4) is 0 Å². The van der Waals surface area contributed by atoms with Gasteiger partial charge in [-0.25, -0.2) is 9.59 Å². The zero-order valence-electron chi connectivity index (χ0n) is 31.1. The fourth-order valence-corrected chi connectivity index (χ4v) is 6.43. The summed E-state index contributed by atoms with van der Waals surface area (Å²) in [6, 6.07) is 2.30. The number of anilines is 3. The van der Waals surface area contributed by atoms with Gasteiger partial charge in [0, 0.05) is 51.7 Å². The maximum Gasteiger partial charge on any atom is 0.414 e. The number of hydrogen-bond donors (Lipinski definition) is 3. The lowest BCUT2D eigenvalue weighted by molar-refractivity contribution is -0.177. The summed E-state index contributed by atoms with van der Waals surface area (Å²) in [5, 5.41) is 7.83. The van der Waals surface area contributed by atoms with E-state index in [9.17, 15) is 27.6 Å². The number of hydrogen-bond acceptors (Lipinski definition) is 11. The van der Waals surface area contributed by atoms with Gasteiger partial charge in [-0.15, -0.1) is 0 Å². The highest BCUT2D eigenvalue weighted by Crippen LogP contribution is 2.38. The molecule has 2 fully saturated rings. The second-order valence-corrected chi connectivity index (χ2v) is 15.3. The van der Waals surface area contributed by atoms with Crippen molar-refractivity contribution in [3.8, 4) is 0 Å². The molecule has 0 spiro atoms. The van der Waals surface area contributed by atoms with Crippen LogP contribution in [0.1, 0.15) is 77.2 Å². The lowest BCUT2D eigenvalue weighted by atomic mass is 9.93. The van der Waals surface area contributed by atoms with Crippen LogP contribution in [-0.4, -0.2) is 95.3 Å². The largest absolute Gasteiger partial charge is 0.444 e.